The Labute approximate surface area is 195 Å². The molecule has 0 bridgehead atoms. The third-order valence-corrected chi connectivity index (χ3v) is 6.01. The van der Waals surface area contributed by atoms with E-state index in [4.69, 9.17) is 10.1 Å². The van der Waals surface area contributed by atoms with Crippen LogP contribution in [0.2, 0.25) is 0 Å². The molecule has 2 amide bonds. The molecule has 1 aromatic carbocycles. The summed E-state index contributed by atoms with van der Waals surface area (Å²) in [5.74, 6) is 0.104. The van der Waals surface area contributed by atoms with Gasteiger partial charge >= 0.3 is 0 Å². The summed E-state index contributed by atoms with van der Waals surface area (Å²) >= 11 is 0. The first-order valence-corrected chi connectivity index (χ1v) is 11.6. The van der Waals surface area contributed by atoms with Crippen molar-refractivity contribution in [3.8, 4) is 0 Å². The number of carbonyl (C=O) groups is 2. The number of aromatic nitrogens is 3. The Balaban J connectivity index is 1.74. The third-order valence-electron chi connectivity index (χ3n) is 6.01. The lowest BCUT2D eigenvalue weighted by atomic mass is 10.0. The topological polar surface area (TPSA) is 88.9 Å². The quantitative estimate of drug-likeness (QED) is 0.538. The van der Waals surface area contributed by atoms with E-state index in [1.807, 2.05) is 42.8 Å². The fourth-order valence-corrected chi connectivity index (χ4v) is 3.86. The molecule has 0 radical (unpaired) electrons. The minimum absolute atomic E-state index is 0.0405. The summed E-state index contributed by atoms with van der Waals surface area (Å²) in [5, 5.41) is 11.5. The van der Waals surface area contributed by atoms with E-state index in [0.717, 1.165) is 40.8 Å². The Bertz CT molecular complexity index is 1250. The van der Waals surface area contributed by atoms with Crippen molar-refractivity contribution in [2.24, 2.45) is 5.92 Å². The molecule has 7 heteroatoms. The van der Waals surface area contributed by atoms with Crippen LogP contribution in [-0.2, 0) is 10.3 Å². The van der Waals surface area contributed by atoms with Gasteiger partial charge in [-0.2, -0.15) is 5.10 Å². The Kier molecular flexibility index (Phi) is 5.76. The Hall–Kier alpha value is -3.22. The van der Waals surface area contributed by atoms with Gasteiger partial charge in [0.1, 0.15) is 0 Å². The summed E-state index contributed by atoms with van der Waals surface area (Å²) < 4.78 is 1.90. The van der Waals surface area contributed by atoms with Gasteiger partial charge in [-0.25, -0.2) is 9.67 Å². The molecule has 4 rings (SSSR count). The molecule has 0 aliphatic heterocycles. The van der Waals surface area contributed by atoms with Crippen LogP contribution in [0.5, 0.6) is 0 Å². The van der Waals surface area contributed by atoms with Crippen LogP contribution in [0.25, 0.3) is 11.0 Å². The highest BCUT2D eigenvalue weighted by Crippen LogP contribution is 2.32. The summed E-state index contributed by atoms with van der Waals surface area (Å²) in [7, 11) is 0. The molecule has 2 aromatic heterocycles. The number of nitrogens with one attached hydrogen (secondary N) is 2. The predicted octanol–water partition coefficient (Wildman–Crippen LogP) is 5.53. The molecular formula is C26H33N5O2. The van der Waals surface area contributed by atoms with Crippen LogP contribution in [-0.4, -0.2) is 26.6 Å². The number of fused-ring (bicyclic) bond motifs is 1. The van der Waals surface area contributed by atoms with E-state index in [9.17, 15) is 9.59 Å². The van der Waals surface area contributed by atoms with Gasteiger partial charge in [0, 0.05) is 23.0 Å². The molecule has 1 aliphatic rings. The van der Waals surface area contributed by atoms with Crippen LogP contribution in [0.3, 0.4) is 0 Å². The second kappa shape index (κ2) is 8.28. The van der Waals surface area contributed by atoms with Crippen LogP contribution in [0.15, 0.2) is 24.3 Å². The molecule has 2 heterocycles. The maximum absolute atomic E-state index is 13.6. The zero-order chi connectivity index (χ0) is 24.1. The summed E-state index contributed by atoms with van der Waals surface area (Å²) in [6, 6.07) is 7.46. The number of amides is 2. The van der Waals surface area contributed by atoms with Crippen molar-refractivity contribution in [1.82, 2.24) is 14.8 Å². The van der Waals surface area contributed by atoms with Crippen LogP contribution in [0, 0.1) is 19.8 Å². The van der Waals surface area contributed by atoms with E-state index < -0.39 is 0 Å². The smallest absolute Gasteiger partial charge is 0.256 e. The monoisotopic (exact) mass is 447 g/mol. The molecule has 7 nitrogen and oxygen atoms in total. The first-order valence-electron chi connectivity index (χ1n) is 11.6. The van der Waals surface area contributed by atoms with Gasteiger partial charge in [0.15, 0.2) is 5.65 Å². The van der Waals surface area contributed by atoms with Gasteiger partial charge in [-0.15, -0.1) is 0 Å². The molecule has 3 aromatic rings. The number of hydrogen-bond acceptors (Lipinski definition) is 4. The zero-order valence-corrected chi connectivity index (χ0v) is 20.5. The van der Waals surface area contributed by atoms with Crippen molar-refractivity contribution in [2.45, 2.75) is 72.8 Å². The number of nitrogens with zero attached hydrogens (tertiary/aromatic N) is 3. The first-order chi connectivity index (χ1) is 15.5. The van der Waals surface area contributed by atoms with Gasteiger partial charge in [-0.3, -0.25) is 9.59 Å². The number of benzene rings is 1. The van der Waals surface area contributed by atoms with Gasteiger partial charge in [0.25, 0.3) is 5.91 Å². The van der Waals surface area contributed by atoms with Gasteiger partial charge < -0.3 is 10.6 Å². The molecule has 0 spiro atoms. The molecule has 174 valence electrons. The summed E-state index contributed by atoms with van der Waals surface area (Å²) in [6.07, 6.45) is 1.89. The Morgan fingerprint density at radius 2 is 1.79 bits per heavy atom. The molecule has 0 atom stereocenters. The summed E-state index contributed by atoms with van der Waals surface area (Å²) in [6.45, 7) is 14.2. The molecule has 1 aliphatic carbocycles. The highest BCUT2D eigenvalue weighted by molar-refractivity contribution is 6.13. The van der Waals surface area contributed by atoms with Crippen LogP contribution in [0.1, 0.15) is 80.7 Å². The number of aryl methyl sites for hydroxylation is 2. The average Bonchev–Trinajstić information content (AvgIpc) is 3.52. The number of carbonyl (C=O) groups excluding carboxylic acids is 2. The third kappa shape index (κ3) is 4.63. The molecule has 2 N–H and O–H groups in total. The second-order valence-electron chi connectivity index (χ2n) is 10.4. The first kappa shape index (κ1) is 23.0. The van der Waals surface area contributed by atoms with E-state index in [2.05, 4.69) is 45.3 Å². The maximum atomic E-state index is 13.6. The zero-order valence-electron chi connectivity index (χ0n) is 20.5. The van der Waals surface area contributed by atoms with Crippen molar-refractivity contribution in [1.29, 1.82) is 0 Å². The Morgan fingerprint density at radius 1 is 1.09 bits per heavy atom. The van der Waals surface area contributed by atoms with Gasteiger partial charge in [0.05, 0.1) is 22.2 Å². The van der Waals surface area contributed by atoms with Crippen molar-refractivity contribution in [3.63, 3.8) is 0 Å². The van der Waals surface area contributed by atoms with Crippen LogP contribution in [0.4, 0.5) is 11.4 Å². The van der Waals surface area contributed by atoms with E-state index in [0.29, 0.717) is 16.9 Å². The predicted molar refractivity (Wildman–Crippen MR) is 132 cm³/mol. The highest BCUT2D eigenvalue weighted by Gasteiger charge is 2.30. The van der Waals surface area contributed by atoms with Crippen LogP contribution >= 0.6 is 0 Å². The van der Waals surface area contributed by atoms with E-state index in [-0.39, 0.29) is 29.2 Å². The lowest BCUT2D eigenvalue weighted by molar-refractivity contribution is -0.117. The SMILES string of the molecule is Cc1ccc(NC(=O)C2CC2)cc1NC(=O)c1cc(C(C)C)nc2c1c(C)nn2C(C)(C)C. The molecule has 33 heavy (non-hydrogen) atoms. The number of rotatable bonds is 5. The summed E-state index contributed by atoms with van der Waals surface area (Å²) in [5.41, 5.74) is 4.91. The average molecular weight is 448 g/mol. The number of anilines is 2. The highest BCUT2D eigenvalue weighted by atomic mass is 16.2. The fourth-order valence-electron chi connectivity index (χ4n) is 3.86. The fraction of sp³-hybridized carbons (Fsp3) is 0.462. The molecule has 0 unspecified atom stereocenters. The molecule has 0 saturated heterocycles. The van der Waals surface area contributed by atoms with E-state index >= 15 is 0 Å². The lowest BCUT2D eigenvalue weighted by Gasteiger charge is -2.20. The van der Waals surface area contributed by atoms with Crippen molar-refractivity contribution >= 4 is 34.2 Å². The van der Waals surface area contributed by atoms with Crippen molar-refractivity contribution < 1.29 is 9.59 Å². The van der Waals surface area contributed by atoms with Crippen molar-refractivity contribution in [3.05, 3.63) is 46.8 Å². The minimum Gasteiger partial charge on any atom is -0.326 e. The normalized spacial score (nSPS) is 14.1. The molecule has 1 saturated carbocycles. The second-order valence-corrected chi connectivity index (χ2v) is 10.4. The van der Waals surface area contributed by atoms with E-state index in [1.165, 1.54) is 0 Å². The minimum atomic E-state index is -0.270. The number of pyridine rings is 1. The van der Waals surface area contributed by atoms with Crippen LogP contribution < -0.4 is 10.6 Å². The standard InChI is InChI=1S/C26H33N5O2/c1-14(2)20-13-19(22-16(4)30-31(23(22)28-20)26(5,6)7)25(33)29-21-12-18(11-8-15(21)3)27-24(32)17-9-10-17/h8,11-14,17H,9-10H2,1-7H3,(H,27,32)(H,29,33). The largest absolute Gasteiger partial charge is 0.326 e. The van der Waals surface area contributed by atoms with Gasteiger partial charge in [0.2, 0.25) is 5.91 Å². The molecule has 1 fully saturated rings. The maximum Gasteiger partial charge on any atom is 0.256 e. The number of hydrogen-bond donors (Lipinski definition) is 2. The summed E-state index contributed by atoms with van der Waals surface area (Å²) in [4.78, 5) is 30.6. The molecular weight excluding hydrogens is 414 g/mol. The Morgan fingerprint density at radius 3 is 2.39 bits per heavy atom. The van der Waals surface area contributed by atoms with Crippen molar-refractivity contribution in [2.75, 3.05) is 10.6 Å². The van der Waals surface area contributed by atoms with Gasteiger partial charge in [-0.05, 0) is 77.1 Å². The van der Waals surface area contributed by atoms with E-state index in [1.54, 1.807) is 0 Å². The lowest BCUT2D eigenvalue weighted by Crippen LogP contribution is -2.24. The van der Waals surface area contributed by atoms with Gasteiger partial charge in [-0.1, -0.05) is 19.9 Å².